The second kappa shape index (κ2) is 6.94. The van der Waals surface area contributed by atoms with E-state index >= 15 is 0 Å². The zero-order valence-electron chi connectivity index (χ0n) is 13.9. The fraction of sp³-hybridized carbons (Fsp3) is 0.350. The summed E-state index contributed by atoms with van der Waals surface area (Å²) in [6, 6.07) is 13.9. The largest absolute Gasteiger partial charge is 0.440 e. The Morgan fingerprint density at radius 3 is 2.56 bits per heavy atom. The third-order valence-electron chi connectivity index (χ3n) is 4.93. The van der Waals surface area contributed by atoms with Crippen LogP contribution in [0.1, 0.15) is 36.3 Å². The second-order valence-electron chi connectivity index (χ2n) is 6.66. The van der Waals surface area contributed by atoms with E-state index in [-0.39, 0.29) is 5.82 Å². The third kappa shape index (κ3) is 3.57. The lowest BCUT2D eigenvalue weighted by Crippen LogP contribution is -2.36. The van der Waals surface area contributed by atoms with Crippen LogP contribution in [-0.2, 0) is 0 Å². The Morgan fingerprint density at radius 1 is 1.12 bits per heavy atom. The van der Waals surface area contributed by atoms with Crippen LogP contribution in [0, 0.1) is 5.82 Å². The minimum atomic E-state index is -0.596. The van der Waals surface area contributed by atoms with Gasteiger partial charge in [0.1, 0.15) is 11.3 Å². The molecule has 130 valence electrons. The number of fused-ring (bicyclic) bond motifs is 1. The van der Waals surface area contributed by atoms with Gasteiger partial charge in [0, 0.05) is 12.5 Å². The molecular formula is C20H21FN2O2. The monoisotopic (exact) mass is 340 g/mol. The van der Waals surface area contributed by atoms with Crippen molar-refractivity contribution in [2.75, 3.05) is 19.6 Å². The number of aliphatic hydroxyl groups excluding tert-OH is 1. The van der Waals surface area contributed by atoms with Gasteiger partial charge in [-0.2, -0.15) is 0 Å². The highest BCUT2D eigenvalue weighted by molar-refractivity contribution is 5.72. The van der Waals surface area contributed by atoms with Gasteiger partial charge in [-0.15, -0.1) is 0 Å². The van der Waals surface area contributed by atoms with Crippen molar-refractivity contribution in [2.24, 2.45) is 0 Å². The van der Waals surface area contributed by atoms with E-state index in [1.807, 2.05) is 24.3 Å². The van der Waals surface area contributed by atoms with Crippen molar-refractivity contribution in [3.05, 3.63) is 65.8 Å². The van der Waals surface area contributed by atoms with Crippen molar-refractivity contribution < 1.29 is 13.9 Å². The quantitative estimate of drug-likeness (QED) is 0.783. The van der Waals surface area contributed by atoms with Crippen LogP contribution in [0.2, 0.25) is 0 Å². The molecule has 0 aliphatic carbocycles. The van der Waals surface area contributed by atoms with Gasteiger partial charge in [-0.1, -0.05) is 24.3 Å². The van der Waals surface area contributed by atoms with Gasteiger partial charge in [0.25, 0.3) is 0 Å². The number of hydrogen-bond acceptors (Lipinski definition) is 4. The normalized spacial score (nSPS) is 17.8. The molecule has 1 unspecified atom stereocenters. The Hall–Kier alpha value is -2.24. The molecule has 0 radical (unpaired) electrons. The maximum Gasteiger partial charge on any atom is 0.198 e. The van der Waals surface area contributed by atoms with E-state index in [9.17, 15) is 9.50 Å². The molecular weight excluding hydrogens is 319 g/mol. The number of piperidine rings is 1. The Labute approximate surface area is 145 Å². The molecule has 5 heteroatoms. The van der Waals surface area contributed by atoms with Crippen molar-refractivity contribution in [2.45, 2.75) is 24.9 Å². The number of nitrogens with zero attached hydrogens (tertiary/aromatic N) is 2. The molecule has 1 atom stereocenters. The van der Waals surface area contributed by atoms with Crippen molar-refractivity contribution in [3.8, 4) is 0 Å². The zero-order valence-corrected chi connectivity index (χ0v) is 13.9. The van der Waals surface area contributed by atoms with Gasteiger partial charge in [0.05, 0.1) is 6.10 Å². The van der Waals surface area contributed by atoms with Gasteiger partial charge >= 0.3 is 0 Å². The predicted octanol–water partition coefficient (Wildman–Crippen LogP) is 3.88. The molecule has 1 aliphatic heterocycles. The fourth-order valence-corrected chi connectivity index (χ4v) is 3.46. The molecule has 4 nitrogen and oxygen atoms in total. The van der Waals surface area contributed by atoms with Crippen LogP contribution in [0.25, 0.3) is 11.1 Å². The first kappa shape index (κ1) is 16.2. The molecule has 1 aliphatic rings. The maximum atomic E-state index is 13.0. The molecule has 0 bridgehead atoms. The number of oxazole rings is 1. The molecule has 3 aromatic rings. The van der Waals surface area contributed by atoms with Crippen LogP contribution in [0.15, 0.2) is 52.9 Å². The second-order valence-corrected chi connectivity index (χ2v) is 6.66. The Balaban J connectivity index is 1.35. The molecule has 25 heavy (non-hydrogen) atoms. The maximum absolute atomic E-state index is 13.0. The van der Waals surface area contributed by atoms with Crippen LogP contribution < -0.4 is 0 Å². The number of rotatable bonds is 4. The van der Waals surface area contributed by atoms with E-state index in [1.165, 1.54) is 12.1 Å². The fourth-order valence-electron chi connectivity index (χ4n) is 3.46. The summed E-state index contributed by atoms with van der Waals surface area (Å²) in [7, 11) is 0. The van der Waals surface area contributed by atoms with Crippen LogP contribution in [0.3, 0.4) is 0 Å². The van der Waals surface area contributed by atoms with E-state index in [4.69, 9.17) is 4.42 Å². The SMILES string of the molecule is OC(CN1CCC(c2nc3ccccc3o2)CC1)c1ccc(F)cc1. The first-order chi connectivity index (χ1) is 12.2. The van der Waals surface area contributed by atoms with Crippen LogP contribution in [0.5, 0.6) is 0 Å². The minimum Gasteiger partial charge on any atom is -0.440 e. The molecule has 2 heterocycles. The highest BCUT2D eigenvalue weighted by atomic mass is 19.1. The number of aromatic nitrogens is 1. The van der Waals surface area contributed by atoms with Crippen LogP contribution in [0.4, 0.5) is 4.39 Å². The molecule has 4 rings (SSSR count). The number of aliphatic hydroxyl groups is 1. The molecule has 2 aromatic carbocycles. The Kier molecular flexibility index (Phi) is 4.51. The molecule has 1 fully saturated rings. The van der Waals surface area contributed by atoms with Crippen LogP contribution in [-0.4, -0.2) is 34.6 Å². The van der Waals surface area contributed by atoms with Gasteiger partial charge < -0.3 is 14.4 Å². The standard InChI is InChI=1S/C20H21FN2O2/c21-16-7-5-14(6-8-16)18(24)13-23-11-9-15(10-12-23)20-22-17-3-1-2-4-19(17)25-20/h1-8,15,18,24H,9-13H2. The predicted molar refractivity (Wildman–Crippen MR) is 93.8 cm³/mol. The molecule has 0 amide bonds. The summed E-state index contributed by atoms with van der Waals surface area (Å²) in [6.07, 6.45) is 1.33. The summed E-state index contributed by atoms with van der Waals surface area (Å²) in [5.74, 6) is 0.863. The van der Waals surface area contributed by atoms with Gasteiger partial charge in [-0.05, 0) is 55.8 Å². The van der Waals surface area contributed by atoms with E-state index in [0.29, 0.717) is 12.5 Å². The van der Waals surface area contributed by atoms with Gasteiger partial charge in [0.15, 0.2) is 11.5 Å². The summed E-state index contributed by atoms with van der Waals surface area (Å²) in [6.45, 7) is 2.34. The lowest BCUT2D eigenvalue weighted by atomic mass is 9.96. The number of benzene rings is 2. The average molecular weight is 340 g/mol. The molecule has 1 saturated heterocycles. The number of para-hydroxylation sites is 2. The van der Waals surface area contributed by atoms with E-state index in [1.54, 1.807) is 12.1 Å². The zero-order chi connectivity index (χ0) is 17.2. The van der Waals surface area contributed by atoms with Gasteiger partial charge in [-0.3, -0.25) is 0 Å². The van der Waals surface area contributed by atoms with Crippen molar-refractivity contribution in [3.63, 3.8) is 0 Å². The lowest BCUT2D eigenvalue weighted by molar-refractivity contribution is 0.0950. The van der Waals surface area contributed by atoms with Crippen molar-refractivity contribution >= 4 is 11.1 Å². The van der Waals surface area contributed by atoms with Gasteiger partial charge in [0.2, 0.25) is 0 Å². The first-order valence-electron chi connectivity index (χ1n) is 8.70. The van der Waals surface area contributed by atoms with E-state index in [0.717, 1.165) is 48.5 Å². The number of β-amino-alcohol motifs (C(OH)–C–C–N with tert-alkyl or cyclic N) is 1. The highest BCUT2D eigenvalue weighted by Crippen LogP contribution is 2.30. The number of likely N-dealkylation sites (tertiary alicyclic amines) is 1. The molecule has 0 spiro atoms. The number of halogens is 1. The smallest absolute Gasteiger partial charge is 0.198 e. The summed E-state index contributed by atoms with van der Waals surface area (Å²) in [4.78, 5) is 6.85. The molecule has 0 saturated carbocycles. The minimum absolute atomic E-state index is 0.282. The molecule has 1 aromatic heterocycles. The highest BCUT2D eigenvalue weighted by Gasteiger charge is 2.26. The summed E-state index contributed by atoms with van der Waals surface area (Å²) in [5.41, 5.74) is 2.50. The van der Waals surface area contributed by atoms with Gasteiger partial charge in [-0.25, -0.2) is 9.37 Å². The topological polar surface area (TPSA) is 49.5 Å². The summed E-state index contributed by atoms with van der Waals surface area (Å²) < 4.78 is 18.9. The van der Waals surface area contributed by atoms with Crippen molar-refractivity contribution in [1.82, 2.24) is 9.88 Å². The number of hydrogen-bond donors (Lipinski definition) is 1. The summed E-state index contributed by atoms with van der Waals surface area (Å²) >= 11 is 0. The van der Waals surface area contributed by atoms with Crippen molar-refractivity contribution in [1.29, 1.82) is 0 Å². The average Bonchev–Trinajstić information content (AvgIpc) is 3.07. The first-order valence-corrected chi connectivity index (χ1v) is 8.70. The van der Waals surface area contributed by atoms with E-state index in [2.05, 4.69) is 9.88 Å². The summed E-state index contributed by atoms with van der Waals surface area (Å²) in [5, 5.41) is 10.3. The lowest BCUT2D eigenvalue weighted by Gasteiger charge is -2.32. The third-order valence-corrected chi connectivity index (χ3v) is 4.93. The molecule has 1 N–H and O–H groups in total. The Bertz CT molecular complexity index is 805. The Morgan fingerprint density at radius 2 is 1.84 bits per heavy atom. The van der Waals surface area contributed by atoms with Crippen LogP contribution >= 0.6 is 0 Å². The van der Waals surface area contributed by atoms with E-state index < -0.39 is 6.10 Å².